The van der Waals surface area contributed by atoms with E-state index in [-0.39, 0.29) is 0 Å². The summed E-state index contributed by atoms with van der Waals surface area (Å²) in [7, 11) is 0. The first-order valence-corrected chi connectivity index (χ1v) is 10.1. The van der Waals surface area contributed by atoms with Crippen LogP contribution in [0.3, 0.4) is 0 Å². The van der Waals surface area contributed by atoms with Gasteiger partial charge in [-0.15, -0.1) is 10.2 Å². The summed E-state index contributed by atoms with van der Waals surface area (Å²) in [5.41, 5.74) is 1.63. The zero-order chi connectivity index (χ0) is 19.8. The number of fused-ring (bicyclic) bond motifs is 3. The Morgan fingerprint density at radius 1 is 1.28 bits per heavy atom. The van der Waals surface area contributed by atoms with Crippen molar-refractivity contribution in [3.05, 3.63) is 24.3 Å². The number of hydrogen-bond donors (Lipinski definition) is 3. The third-order valence-corrected chi connectivity index (χ3v) is 5.95. The SMILES string of the molecule is Cc1cc(Nc2nc(NC3CC4CC[C@@H](C3)N4CCC#N)cn3cnnc23)n[nH]1. The molecule has 29 heavy (non-hydrogen) atoms. The van der Waals surface area contributed by atoms with Crippen LogP contribution in [-0.4, -0.2) is 59.3 Å². The van der Waals surface area contributed by atoms with Gasteiger partial charge in [-0.2, -0.15) is 10.4 Å². The number of nitrogens with zero attached hydrogens (tertiary/aromatic N) is 7. The molecule has 3 aromatic rings. The molecule has 0 saturated carbocycles. The van der Waals surface area contributed by atoms with Crippen molar-refractivity contribution in [3.8, 4) is 6.07 Å². The number of aromatic nitrogens is 6. The monoisotopic (exact) mass is 392 g/mol. The topological polar surface area (TPSA) is 123 Å². The van der Waals surface area contributed by atoms with Crippen LogP contribution < -0.4 is 10.6 Å². The first-order chi connectivity index (χ1) is 14.2. The smallest absolute Gasteiger partial charge is 0.204 e. The second-order valence-electron chi connectivity index (χ2n) is 7.94. The fourth-order valence-corrected chi connectivity index (χ4v) is 4.74. The normalized spacial score (nSPS) is 23.9. The first-order valence-electron chi connectivity index (χ1n) is 10.1. The van der Waals surface area contributed by atoms with Crippen molar-refractivity contribution in [2.45, 2.75) is 57.2 Å². The van der Waals surface area contributed by atoms with E-state index in [9.17, 15) is 0 Å². The fourth-order valence-electron chi connectivity index (χ4n) is 4.74. The van der Waals surface area contributed by atoms with Crippen LogP contribution in [0, 0.1) is 18.3 Å². The summed E-state index contributed by atoms with van der Waals surface area (Å²) >= 11 is 0. The molecule has 0 amide bonds. The van der Waals surface area contributed by atoms with Gasteiger partial charge in [-0.3, -0.25) is 14.4 Å². The van der Waals surface area contributed by atoms with Crippen molar-refractivity contribution in [1.82, 2.24) is 34.7 Å². The highest BCUT2D eigenvalue weighted by Crippen LogP contribution is 2.36. The average Bonchev–Trinajstić information content (AvgIpc) is 3.39. The lowest BCUT2D eigenvalue weighted by Gasteiger charge is -2.39. The Balaban J connectivity index is 1.34. The van der Waals surface area contributed by atoms with Crippen LogP contribution >= 0.6 is 0 Å². The Morgan fingerprint density at radius 2 is 2.10 bits per heavy atom. The number of H-pyrrole nitrogens is 1. The average molecular weight is 392 g/mol. The van der Waals surface area contributed by atoms with Gasteiger partial charge >= 0.3 is 0 Å². The summed E-state index contributed by atoms with van der Waals surface area (Å²) in [6.07, 6.45) is 8.81. The predicted octanol–water partition coefficient (Wildman–Crippen LogP) is 2.22. The number of piperidine rings is 1. The number of aryl methyl sites for hydroxylation is 1. The van der Waals surface area contributed by atoms with Crippen molar-refractivity contribution >= 4 is 23.1 Å². The molecule has 0 radical (unpaired) electrons. The van der Waals surface area contributed by atoms with Crippen molar-refractivity contribution in [3.63, 3.8) is 0 Å². The van der Waals surface area contributed by atoms with E-state index in [1.165, 1.54) is 12.8 Å². The zero-order valence-corrected chi connectivity index (χ0v) is 16.3. The number of nitrogens with one attached hydrogen (secondary N) is 3. The van der Waals surface area contributed by atoms with Crippen LogP contribution in [-0.2, 0) is 0 Å². The van der Waals surface area contributed by atoms with E-state index >= 15 is 0 Å². The van der Waals surface area contributed by atoms with Crippen LogP contribution in [0.5, 0.6) is 0 Å². The van der Waals surface area contributed by atoms with E-state index in [1.54, 1.807) is 6.33 Å². The van der Waals surface area contributed by atoms with E-state index in [2.05, 4.69) is 42.0 Å². The molecule has 0 aliphatic carbocycles. The standard InChI is InChI=1S/C19H24N10/c1-12-7-16(26-25-12)23-18-19-27-21-11-28(19)10-17(24-18)22-13-8-14-3-4-15(9-13)29(14)6-2-5-20/h7,10-11,13-15,22H,2-4,6,8-9H2,1H3,(H2,23,24,25,26)/t13?,14-,15?/m0/s1. The van der Waals surface area contributed by atoms with Crippen LogP contribution in [0.2, 0.25) is 0 Å². The number of anilines is 3. The second kappa shape index (κ2) is 7.33. The van der Waals surface area contributed by atoms with Crippen LogP contribution in [0.15, 0.2) is 18.6 Å². The van der Waals surface area contributed by atoms with E-state index in [0.717, 1.165) is 30.9 Å². The molecule has 2 saturated heterocycles. The van der Waals surface area contributed by atoms with Gasteiger partial charge in [0.1, 0.15) is 12.1 Å². The molecule has 5 rings (SSSR count). The molecule has 2 fully saturated rings. The lowest BCUT2D eigenvalue weighted by molar-refractivity contribution is 0.135. The highest BCUT2D eigenvalue weighted by molar-refractivity contribution is 5.69. The number of nitriles is 1. The Kier molecular flexibility index (Phi) is 4.52. The molecule has 2 aliphatic heterocycles. The highest BCUT2D eigenvalue weighted by atomic mass is 15.3. The van der Waals surface area contributed by atoms with Gasteiger partial charge in [0, 0.05) is 42.9 Å². The van der Waals surface area contributed by atoms with Gasteiger partial charge in [-0.1, -0.05) is 0 Å². The Labute approximate surface area is 168 Å². The van der Waals surface area contributed by atoms with Gasteiger partial charge in [0.05, 0.1) is 12.3 Å². The molecule has 0 spiro atoms. The Bertz CT molecular complexity index is 1030. The first kappa shape index (κ1) is 17.9. The summed E-state index contributed by atoms with van der Waals surface area (Å²) in [5.74, 6) is 2.11. The summed E-state index contributed by atoms with van der Waals surface area (Å²) in [6, 6.07) is 5.69. The molecular weight excluding hydrogens is 368 g/mol. The largest absolute Gasteiger partial charge is 0.366 e. The highest BCUT2D eigenvalue weighted by Gasteiger charge is 2.40. The van der Waals surface area contributed by atoms with Crippen molar-refractivity contribution < 1.29 is 0 Å². The lowest BCUT2D eigenvalue weighted by Crippen LogP contribution is -2.47. The third kappa shape index (κ3) is 3.49. The van der Waals surface area contributed by atoms with Crippen LogP contribution in [0.1, 0.15) is 37.8 Å². The number of aromatic amines is 1. The molecule has 10 nitrogen and oxygen atoms in total. The van der Waals surface area contributed by atoms with Crippen molar-refractivity contribution in [2.75, 3.05) is 17.2 Å². The fraction of sp³-hybridized carbons (Fsp3) is 0.526. The Hall–Kier alpha value is -3.19. The lowest BCUT2D eigenvalue weighted by atomic mass is 9.97. The quantitative estimate of drug-likeness (QED) is 0.583. The number of rotatable bonds is 6. The molecule has 0 aromatic carbocycles. The zero-order valence-electron chi connectivity index (χ0n) is 16.3. The summed E-state index contributed by atoms with van der Waals surface area (Å²) in [4.78, 5) is 7.29. The molecule has 3 atom stereocenters. The van der Waals surface area contributed by atoms with Gasteiger partial charge in [0.15, 0.2) is 11.6 Å². The maximum atomic E-state index is 8.92. The molecule has 2 unspecified atom stereocenters. The van der Waals surface area contributed by atoms with E-state index in [1.807, 2.05) is 23.6 Å². The van der Waals surface area contributed by atoms with Gasteiger partial charge in [0.2, 0.25) is 5.65 Å². The minimum absolute atomic E-state index is 0.368. The third-order valence-electron chi connectivity index (χ3n) is 5.95. The minimum atomic E-state index is 0.368. The van der Waals surface area contributed by atoms with Gasteiger partial charge < -0.3 is 10.6 Å². The van der Waals surface area contributed by atoms with E-state index in [4.69, 9.17) is 10.2 Å². The molecule has 3 N–H and O–H groups in total. The van der Waals surface area contributed by atoms with E-state index in [0.29, 0.717) is 41.8 Å². The minimum Gasteiger partial charge on any atom is -0.366 e. The van der Waals surface area contributed by atoms with Crippen molar-refractivity contribution in [2.24, 2.45) is 0 Å². The molecule has 3 aromatic heterocycles. The van der Waals surface area contributed by atoms with Crippen LogP contribution in [0.4, 0.5) is 17.5 Å². The molecular formula is C19H24N10. The van der Waals surface area contributed by atoms with Gasteiger partial charge in [-0.25, -0.2) is 4.98 Å². The maximum absolute atomic E-state index is 8.92. The second-order valence-corrected chi connectivity index (χ2v) is 7.94. The Morgan fingerprint density at radius 3 is 2.83 bits per heavy atom. The van der Waals surface area contributed by atoms with Crippen LogP contribution in [0.25, 0.3) is 5.65 Å². The molecule has 2 bridgehead atoms. The summed E-state index contributed by atoms with van der Waals surface area (Å²) in [5, 5.41) is 31.1. The number of hydrogen-bond acceptors (Lipinski definition) is 8. The maximum Gasteiger partial charge on any atom is 0.204 e. The predicted molar refractivity (Wildman–Crippen MR) is 108 cm³/mol. The molecule has 10 heteroatoms. The van der Waals surface area contributed by atoms with E-state index < -0.39 is 0 Å². The van der Waals surface area contributed by atoms with Gasteiger partial charge in [-0.05, 0) is 32.6 Å². The summed E-state index contributed by atoms with van der Waals surface area (Å²) < 4.78 is 1.87. The van der Waals surface area contributed by atoms with Gasteiger partial charge in [0.25, 0.3) is 0 Å². The molecule has 150 valence electrons. The summed E-state index contributed by atoms with van der Waals surface area (Å²) in [6.45, 7) is 2.84. The van der Waals surface area contributed by atoms with Crippen molar-refractivity contribution in [1.29, 1.82) is 5.26 Å². The molecule has 2 aliphatic rings. The molecule has 5 heterocycles.